The van der Waals surface area contributed by atoms with Crippen LogP contribution in [0.1, 0.15) is 44.2 Å². The van der Waals surface area contributed by atoms with Crippen LogP contribution in [0.4, 0.5) is 4.79 Å². The highest BCUT2D eigenvalue weighted by Gasteiger charge is 2.23. The molecule has 0 unspecified atom stereocenters. The minimum atomic E-state index is -0.927. The van der Waals surface area contributed by atoms with Crippen LogP contribution in [0, 0.1) is 5.92 Å². The van der Waals surface area contributed by atoms with E-state index in [1.54, 1.807) is 13.8 Å². The Hall–Kier alpha value is -4.66. The molecular formula is C33H37NO8. The fourth-order valence-electron chi connectivity index (χ4n) is 4.23. The lowest BCUT2D eigenvalue weighted by Gasteiger charge is -2.22. The van der Waals surface area contributed by atoms with Crippen molar-refractivity contribution in [2.45, 2.75) is 52.2 Å². The molecule has 0 spiro atoms. The molecule has 222 valence electrons. The number of amides is 1. The molecule has 1 amide bonds. The van der Waals surface area contributed by atoms with Gasteiger partial charge < -0.3 is 24.3 Å². The Labute approximate surface area is 246 Å². The quantitative estimate of drug-likeness (QED) is 0.141. The molecule has 2 atom stereocenters. The molecule has 0 aliphatic rings. The van der Waals surface area contributed by atoms with E-state index in [0.29, 0.717) is 6.42 Å². The first-order chi connectivity index (χ1) is 20.3. The van der Waals surface area contributed by atoms with Gasteiger partial charge in [-0.2, -0.15) is 0 Å². The van der Waals surface area contributed by atoms with Gasteiger partial charge in [0, 0.05) is 12.5 Å². The predicted molar refractivity (Wildman–Crippen MR) is 156 cm³/mol. The van der Waals surface area contributed by atoms with E-state index in [4.69, 9.17) is 14.2 Å². The summed E-state index contributed by atoms with van der Waals surface area (Å²) in [5.74, 6) is -1.99. The summed E-state index contributed by atoms with van der Waals surface area (Å²) >= 11 is 0. The van der Waals surface area contributed by atoms with Gasteiger partial charge in [0.2, 0.25) is 12.7 Å². The summed E-state index contributed by atoms with van der Waals surface area (Å²) in [6.07, 6.45) is -0.327. The van der Waals surface area contributed by atoms with Crippen LogP contribution < -0.4 is 5.32 Å². The molecule has 3 aromatic carbocycles. The van der Waals surface area contributed by atoms with Crippen molar-refractivity contribution in [1.82, 2.24) is 5.32 Å². The van der Waals surface area contributed by atoms with Gasteiger partial charge in [0.25, 0.3) is 0 Å². The predicted octanol–water partition coefficient (Wildman–Crippen LogP) is 5.60. The Balaban J connectivity index is 1.57. The van der Waals surface area contributed by atoms with E-state index < -0.39 is 36.8 Å². The van der Waals surface area contributed by atoms with Crippen molar-refractivity contribution in [1.29, 1.82) is 0 Å². The van der Waals surface area contributed by atoms with E-state index >= 15 is 0 Å². The van der Waals surface area contributed by atoms with Crippen LogP contribution in [-0.2, 0) is 46.4 Å². The number of carbonyl (C=O) groups excluding carboxylic acids is 4. The lowest BCUT2D eigenvalue weighted by atomic mass is 9.94. The fourth-order valence-corrected chi connectivity index (χ4v) is 4.23. The molecule has 0 radical (unpaired) electrons. The highest BCUT2D eigenvalue weighted by molar-refractivity contribution is 5.81. The zero-order valence-corrected chi connectivity index (χ0v) is 24.0. The second-order valence-corrected chi connectivity index (χ2v) is 9.72. The van der Waals surface area contributed by atoms with Crippen molar-refractivity contribution in [2.75, 3.05) is 13.4 Å². The molecule has 0 saturated carbocycles. The van der Waals surface area contributed by atoms with E-state index in [-0.39, 0.29) is 38.4 Å². The molecule has 0 bridgehead atoms. The zero-order valence-electron chi connectivity index (χ0n) is 24.0. The first-order valence-corrected chi connectivity index (χ1v) is 13.9. The third kappa shape index (κ3) is 11.4. The highest BCUT2D eigenvalue weighted by atomic mass is 16.8. The fraction of sp³-hybridized carbons (Fsp3) is 0.333. The van der Waals surface area contributed by atoms with Gasteiger partial charge >= 0.3 is 18.1 Å². The average molecular weight is 576 g/mol. The number of benzene rings is 3. The Morgan fingerprint density at radius 3 is 2.02 bits per heavy atom. The monoisotopic (exact) mass is 575 g/mol. The van der Waals surface area contributed by atoms with Crippen LogP contribution in [0.5, 0.6) is 0 Å². The number of hydrogen-bond donors (Lipinski definition) is 1. The van der Waals surface area contributed by atoms with Gasteiger partial charge in [-0.05, 0) is 42.0 Å². The first-order valence-electron chi connectivity index (χ1n) is 13.9. The third-order valence-corrected chi connectivity index (χ3v) is 6.39. The highest BCUT2D eigenvalue weighted by Crippen LogP contribution is 2.21. The Kier molecular flexibility index (Phi) is 13.1. The number of carbonyl (C=O) groups is 4. The van der Waals surface area contributed by atoms with Crippen molar-refractivity contribution < 1.29 is 38.1 Å². The van der Waals surface area contributed by atoms with Crippen molar-refractivity contribution in [3.8, 4) is 11.1 Å². The van der Waals surface area contributed by atoms with Crippen LogP contribution >= 0.6 is 0 Å². The lowest BCUT2D eigenvalue weighted by Crippen LogP contribution is -2.39. The normalized spacial score (nSPS) is 12.0. The Morgan fingerprint density at radius 1 is 0.714 bits per heavy atom. The van der Waals surface area contributed by atoms with Gasteiger partial charge in [0.15, 0.2) is 0 Å². The van der Waals surface area contributed by atoms with Gasteiger partial charge in [0.1, 0.15) is 6.61 Å². The molecule has 0 heterocycles. The summed E-state index contributed by atoms with van der Waals surface area (Å²) in [7, 11) is 0. The maximum Gasteiger partial charge on any atom is 0.511 e. The van der Waals surface area contributed by atoms with Crippen LogP contribution in [0.25, 0.3) is 11.1 Å². The lowest BCUT2D eigenvalue weighted by molar-refractivity contribution is -0.158. The van der Waals surface area contributed by atoms with Crippen molar-refractivity contribution in [2.24, 2.45) is 5.92 Å². The summed E-state index contributed by atoms with van der Waals surface area (Å²) in [4.78, 5) is 48.9. The average Bonchev–Trinajstić information content (AvgIpc) is 3.00. The van der Waals surface area contributed by atoms with E-state index in [2.05, 4.69) is 10.1 Å². The minimum absolute atomic E-state index is 0.0523. The van der Waals surface area contributed by atoms with E-state index in [1.807, 2.05) is 84.9 Å². The third-order valence-electron chi connectivity index (χ3n) is 6.39. The van der Waals surface area contributed by atoms with Crippen molar-refractivity contribution in [3.05, 3.63) is 96.1 Å². The van der Waals surface area contributed by atoms with Gasteiger partial charge in [-0.3, -0.25) is 14.4 Å². The van der Waals surface area contributed by atoms with Gasteiger partial charge in [-0.1, -0.05) is 91.9 Å². The second-order valence-electron chi connectivity index (χ2n) is 9.72. The number of rotatable bonds is 15. The summed E-state index contributed by atoms with van der Waals surface area (Å²) in [5.41, 5.74) is 3.98. The van der Waals surface area contributed by atoms with Crippen LogP contribution in [0.3, 0.4) is 0 Å². The summed E-state index contributed by atoms with van der Waals surface area (Å²) < 4.78 is 19.7. The molecule has 0 saturated heterocycles. The van der Waals surface area contributed by atoms with Crippen molar-refractivity contribution >= 4 is 24.0 Å². The summed E-state index contributed by atoms with van der Waals surface area (Å²) in [5, 5.41) is 2.96. The van der Waals surface area contributed by atoms with Crippen LogP contribution in [0.2, 0.25) is 0 Å². The molecule has 0 aliphatic carbocycles. The number of esters is 2. The number of nitrogens with one attached hydrogen (secondary N) is 1. The van der Waals surface area contributed by atoms with Crippen LogP contribution in [0.15, 0.2) is 84.9 Å². The molecule has 1 N–H and O–H groups in total. The smallest absolute Gasteiger partial charge is 0.461 e. The number of hydrogen-bond acceptors (Lipinski definition) is 8. The molecular weight excluding hydrogens is 538 g/mol. The summed E-state index contributed by atoms with van der Waals surface area (Å²) in [6.45, 7) is 3.02. The van der Waals surface area contributed by atoms with Gasteiger partial charge in [-0.15, -0.1) is 0 Å². The SMILES string of the molecule is CCOC(=O)OCOC(=O)[C@H](C)C[C@@H](Cc1ccc(-c2ccccc2)cc1)NC(=O)CCC(=O)OCc1ccccc1. The largest absolute Gasteiger partial charge is 0.511 e. The number of ether oxygens (including phenoxy) is 4. The molecule has 3 rings (SSSR count). The zero-order chi connectivity index (χ0) is 30.2. The van der Waals surface area contributed by atoms with Gasteiger partial charge in [0.05, 0.1) is 18.9 Å². The molecule has 42 heavy (non-hydrogen) atoms. The second kappa shape index (κ2) is 17.2. The van der Waals surface area contributed by atoms with E-state index in [0.717, 1.165) is 22.3 Å². The maximum absolute atomic E-state index is 12.8. The molecule has 3 aromatic rings. The Bertz CT molecular complexity index is 1280. The molecule has 0 aliphatic heterocycles. The molecule has 9 nitrogen and oxygen atoms in total. The van der Waals surface area contributed by atoms with Crippen LogP contribution in [-0.4, -0.2) is 43.4 Å². The van der Waals surface area contributed by atoms with Crippen molar-refractivity contribution in [3.63, 3.8) is 0 Å². The molecule has 0 fully saturated rings. The molecule has 0 aromatic heterocycles. The van der Waals surface area contributed by atoms with Gasteiger partial charge in [-0.25, -0.2) is 4.79 Å². The summed E-state index contributed by atoms with van der Waals surface area (Å²) in [6, 6.07) is 26.8. The molecule has 9 heteroatoms. The Morgan fingerprint density at radius 2 is 1.36 bits per heavy atom. The minimum Gasteiger partial charge on any atom is -0.461 e. The first kappa shape index (κ1) is 31.9. The maximum atomic E-state index is 12.8. The van der Waals surface area contributed by atoms with E-state index in [1.165, 1.54) is 0 Å². The standard InChI is InChI=1S/C33H37NO8/c1-3-39-33(38)42-23-41-32(37)24(2)20-29(21-25-14-16-28(17-15-25)27-12-8-5-9-13-27)34-30(35)18-19-31(36)40-22-26-10-6-4-7-11-26/h4-17,24,29H,3,18-23H2,1-2H3,(H,34,35)/t24-,29+/m1/s1. The topological polar surface area (TPSA) is 117 Å². The van der Waals surface area contributed by atoms with E-state index in [9.17, 15) is 19.2 Å².